The molecule has 1 saturated heterocycles. The Hall–Kier alpha value is -2.71. The van der Waals surface area contributed by atoms with E-state index in [2.05, 4.69) is 25.0 Å². The highest BCUT2D eigenvalue weighted by Gasteiger charge is 2.45. The summed E-state index contributed by atoms with van der Waals surface area (Å²) in [5.41, 5.74) is 5.17. The topological polar surface area (TPSA) is 123 Å². The van der Waals surface area contributed by atoms with Crippen LogP contribution in [0.5, 0.6) is 0 Å². The Bertz CT molecular complexity index is 694. The molecule has 0 atom stereocenters. The van der Waals surface area contributed by atoms with E-state index in [1.165, 1.54) is 13.2 Å². The average molecular weight is 318 g/mol. The SMILES string of the molecule is COC(=O)c1cc(N)nc(N2CCC3(CC2)N=C(C)NC3=O)n1. The normalized spacial score (nSPS) is 19.5. The van der Waals surface area contributed by atoms with Crippen LogP contribution in [0, 0.1) is 0 Å². The van der Waals surface area contributed by atoms with Crippen molar-refractivity contribution in [3.8, 4) is 0 Å². The zero-order valence-corrected chi connectivity index (χ0v) is 13.0. The van der Waals surface area contributed by atoms with Gasteiger partial charge in [0.25, 0.3) is 5.91 Å². The molecule has 0 radical (unpaired) electrons. The van der Waals surface area contributed by atoms with Gasteiger partial charge in [-0.25, -0.2) is 9.78 Å². The number of nitrogens with zero attached hydrogens (tertiary/aromatic N) is 4. The number of piperidine rings is 1. The summed E-state index contributed by atoms with van der Waals surface area (Å²) in [5.74, 6) is 0.585. The molecule has 3 rings (SSSR count). The van der Waals surface area contributed by atoms with Gasteiger partial charge in [0.1, 0.15) is 17.2 Å². The van der Waals surface area contributed by atoms with Gasteiger partial charge in [0.05, 0.1) is 7.11 Å². The molecule has 9 nitrogen and oxygen atoms in total. The van der Waals surface area contributed by atoms with E-state index in [0.717, 1.165) is 0 Å². The van der Waals surface area contributed by atoms with E-state index in [1.54, 1.807) is 6.92 Å². The van der Waals surface area contributed by atoms with E-state index in [1.807, 2.05) is 4.90 Å². The highest BCUT2D eigenvalue weighted by atomic mass is 16.5. The number of hydrogen-bond acceptors (Lipinski definition) is 8. The number of aromatic nitrogens is 2. The highest BCUT2D eigenvalue weighted by molar-refractivity contribution is 6.07. The Morgan fingerprint density at radius 3 is 2.65 bits per heavy atom. The number of amidine groups is 1. The molecular weight excluding hydrogens is 300 g/mol. The van der Waals surface area contributed by atoms with E-state index in [0.29, 0.717) is 37.7 Å². The summed E-state index contributed by atoms with van der Waals surface area (Å²) in [5, 5.41) is 2.75. The predicted molar refractivity (Wildman–Crippen MR) is 83.2 cm³/mol. The van der Waals surface area contributed by atoms with Crippen molar-refractivity contribution in [1.29, 1.82) is 0 Å². The first-order chi connectivity index (χ1) is 10.9. The minimum absolute atomic E-state index is 0.0570. The molecule has 23 heavy (non-hydrogen) atoms. The number of nitrogens with two attached hydrogens (primary N) is 1. The summed E-state index contributed by atoms with van der Waals surface area (Å²) in [6, 6.07) is 1.37. The van der Waals surface area contributed by atoms with Crippen molar-refractivity contribution in [3.63, 3.8) is 0 Å². The maximum absolute atomic E-state index is 12.1. The third-order valence-electron chi connectivity index (χ3n) is 4.10. The first-order valence-corrected chi connectivity index (χ1v) is 7.29. The standard InChI is InChI=1S/C14H18N6O3/c1-8-16-12(22)14(19-8)3-5-20(6-4-14)13-17-9(11(21)23-2)7-10(15)18-13/h7H,3-6H2,1-2H3,(H2,15,17,18)(H,16,19,22). The van der Waals surface area contributed by atoms with Crippen molar-refractivity contribution in [2.75, 3.05) is 30.8 Å². The molecule has 2 aliphatic heterocycles. The molecule has 0 aliphatic carbocycles. The fourth-order valence-electron chi connectivity index (χ4n) is 2.90. The lowest BCUT2D eigenvalue weighted by molar-refractivity contribution is -0.124. The number of anilines is 2. The van der Waals surface area contributed by atoms with Crippen molar-refractivity contribution in [1.82, 2.24) is 15.3 Å². The lowest BCUT2D eigenvalue weighted by Crippen LogP contribution is -2.49. The van der Waals surface area contributed by atoms with Crippen LogP contribution in [-0.4, -0.2) is 53.4 Å². The third-order valence-corrected chi connectivity index (χ3v) is 4.10. The predicted octanol–water partition coefficient (Wildman–Crippen LogP) is -0.267. The zero-order chi connectivity index (χ0) is 16.6. The maximum atomic E-state index is 12.1. The molecule has 1 fully saturated rings. The van der Waals surface area contributed by atoms with Gasteiger partial charge in [-0.05, 0) is 19.8 Å². The van der Waals surface area contributed by atoms with Gasteiger partial charge in [-0.15, -0.1) is 0 Å². The lowest BCUT2D eigenvalue weighted by Gasteiger charge is -2.35. The fourth-order valence-corrected chi connectivity index (χ4v) is 2.90. The molecule has 0 aromatic carbocycles. The van der Waals surface area contributed by atoms with Gasteiger partial charge in [0, 0.05) is 19.2 Å². The average Bonchev–Trinajstić information content (AvgIpc) is 2.80. The summed E-state index contributed by atoms with van der Waals surface area (Å²) in [6.45, 7) is 2.88. The van der Waals surface area contributed by atoms with Crippen molar-refractivity contribution in [2.45, 2.75) is 25.3 Å². The Morgan fingerprint density at radius 2 is 2.09 bits per heavy atom. The fraction of sp³-hybridized carbons (Fsp3) is 0.500. The Kier molecular flexibility index (Phi) is 3.63. The second-order valence-electron chi connectivity index (χ2n) is 5.64. The summed E-state index contributed by atoms with van der Waals surface area (Å²) in [6.07, 6.45) is 1.11. The monoisotopic (exact) mass is 318 g/mol. The van der Waals surface area contributed by atoms with E-state index < -0.39 is 11.5 Å². The molecule has 3 heterocycles. The number of carbonyl (C=O) groups is 2. The van der Waals surface area contributed by atoms with Gasteiger partial charge in [0.2, 0.25) is 5.95 Å². The van der Waals surface area contributed by atoms with Crippen LogP contribution in [0.2, 0.25) is 0 Å². The largest absolute Gasteiger partial charge is 0.464 e. The molecule has 1 aromatic heterocycles. The number of esters is 1. The van der Waals surface area contributed by atoms with Gasteiger partial charge in [-0.2, -0.15) is 4.98 Å². The Labute approximate surface area is 132 Å². The first kappa shape index (κ1) is 15.2. The molecule has 122 valence electrons. The van der Waals surface area contributed by atoms with Gasteiger partial charge in [0.15, 0.2) is 5.69 Å². The van der Waals surface area contributed by atoms with Crippen LogP contribution >= 0.6 is 0 Å². The number of carbonyl (C=O) groups excluding carboxylic acids is 2. The molecule has 1 spiro atoms. The molecule has 1 amide bonds. The Morgan fingerprint density at radius 1 is 1.39 bits per heavy atom. The first-order valence-electron chi connectivity index (χ1n) is 7.29. The van der Waals surface area contributed by atoms with E-state index in [4.69, 9.17) is 5.73 Å². The molecule has 0 saturated carbocycles. The number of hydrogen-bond donors (Lipinski definition) is 2. The van der Waals surface area contributed by atoms with Gasteiger partial charge in [-0.1, -0.05) is 0 Å². The summed E-state index contributed by atoms with van der Waals surface area (Å²) in [4.78, 5) is 38.4. The van der Waals surface area contributed by atoms with Crippen LogP contribution in [0.25, 0.3) is 0 Å². The van der Waals surface area contributed by atoms with Gasteiger partial charge >= 0.3 is 5.97 Å². The third kappa shape index (κ3) is 2.69. The number of nitrogens with one attached hydrogen (secondary N) is 1. The number of aliphatic imine (C=N–C) groups is 1. The van der Waals surface area contributed by atoms with Gasteiger partial charge < -0.3 is 20.7 Å². The molecule has 9 heteroatoms. The maximum Gasteiger partial charge on any atom is 0.356 e. The quantitative estimate of drug-likeness (QED) is 0.720. The highest BCUT2D eigenvalue weighted by Crippen LogP contribution is 2.31. The van der Waals surface area contributed by atoms with E-state index in [9.17, 15) is 9.59 Å². The van der Waals surface area contributed by atoms with Crippen LogP contribution in [0.4, 0.5) is 11.8 Å². The number of rotatable bonds is 2. The molecule has 2 aliphatic rings. The van der Waals surface area contributed by atoms with Crippen LogP contribution in [0.3, 0.4) is 0 Å². The molecule has 3 N–H and O–H groups in total. The van der Waals surface area contributed by atoms with E-state index in [-0.39, 0.29) is 17.4 Å². The molecule has 0 bridgehead atoms. The summed E-state index contributed by atoms with van der Waals surface area (Å²) >= 11 is 0. The number of nitrogen functional groups attached to an aromatic ring is 1. The molecular formula is C14H18N6O3. The molecule has 0 unspecified atom stereocenters. The number of amides is 1. The van der Waals surface area contributed by atoms with E-state index >= 15 is 0 Å². The second kappa shape index (κ2) is 5.49. The van der Waals surface area contributed by atoms with Crippen molar-refractivity contribution in [2.24, 2.45) is 4.99 Å². The van der Waals surface area contributed by atoms with Crippen LogP contribution < -0.4 is 16.0 Å². The zero-order valence-electron chi connectivity index (χ0n) is 13.0. The number of ether oxygens (including phenoxy) is 1. The minimum Gasteiger partial charge on any atom is -0.464 e. The van der Waals surface area contributed by atoms with Crippen LogP contribution in [0.1, 0.15) is 30.3 Å². The van der Waals surface area contributed by atoms with Crippen molar-refractivity contribution >= 4 is 29.5 Å². The minimum atomic E-state index is -0.688. The number of methoxy groups -OCH3 is 1. The van der Waals surface area contributed by atoms with Gasteiger partial charge in [-0.3, -0.25) is 9.79 Å². The van der Waals surface area contributed by atoms with Crippen LogP contribution in [0.15, 0.2) is 11.1 Å². The van der Waals surface area contributed by atoms with Crippen molar-refractivity contribution < 1.29 is 14.3 Å². The Balaban J connectivity index is 1.79. The lowest BCUT2D eigenvalue weighted by atomic mass is 9.88. The van der Waals surface area contributed by atoms with Crippen LogP contribution in [-0.2, 0) is 9.53 Å². The smallest absolute Gasteiger partial charge is 0.356 e. The van der Waals surface area contributed by atoms with Crippen molar-refractivity contribution in [3.05, 3.63) is 11.8 Å². The summed E-state index contributed by atoms with van der Waals surface area (Å²) in [7, 11) is 1.28. The second-order valence-corrected chi connectivity index (χ2v) is 5.64. The molecule has 1 aromatic rings. The summed E-state index contributed by atoms with van der Waals surface area (Å²) < 4.78 is 4.66.